The fourth-order valence-electron chi connectivity index (χ4n) is 1.49. The minimum Gasteiger partial charge on any atom is -0.268 e. The van der Waals surface area contributed by atoms with E-state index in [9.17, 15) is 8.42 Å². The average Bonchev–Trinajstić information content (AvgIpc) is 2.92. The van der Waals surface area contributed by atoms with Crippen LogP contribution in [0.4, 0.5) is 0 Å². The van der Waals surface area contributed by atoms with Gasteiger partial charge in [-0.15, -0.1) is 11.3 Å². The van der Waals surface area contributed by atoms with Crippen LogP contribution in [0.1, 0.15) is 10.6 Å². The number of rotatable bonds is 5. The van der Waals surface area contributed by atoms with E-state index in [1.54, 1.807) is 23.1 Å². The molecular weight excluding hydrogens is 318 g/mol. The Labute approximate surface area is 126 Å². The summed E-state index contributed by atoms with van der Waals surface area (Å²) in [5.41, 5.74) is 2.91. The van der Waals surface area contributed by atoms with E-state index in [2.05, 4.69) is 24.4 Å². The van der Waals surface area contributed by atoms with Crippen molar-refractivity contribution in [1.29, 1.82) is 0 Å². The van der Waals surface area contributed by atoms with E-state index in [1.165, 1.54) is 11.9 Å². The molecule has 0 unspecified atom stereocenters. The summed E-state index contributed by atoms with van der Waals surface area (Å²) in [6.45, 7) is 2.52. The molecule has 0 spiro atoms. The standard InChI is InChI=1S/C10H15N5O2S3/c1-7-8(19-6-13-7)5-18-4-3-12-10-9(11-2)14-20(16,17)15-10/h6H,3-5H2,1-2H3,(H,11,14)(H,12,15). The van der Waals surface area contributed by atoms with Gasteiger partial charge < -0.3 is 0 Å². The molecule has 10 heteroatoms. The number of hydrogen-bond donors (Lipinski definition) is 2. The van der Waals surface area contributed by atoms with Crippen LogP contribution in [0.15, 0.2) is 15.5 Å². The molecule has 1 aliphatic heterocycles. The van der Waals surface area contributed by atoms with Crippen LogP contribution < -0.4 is 9.44 Å². The van der Waals surface area contributed by atoms with Crippen LogP contribution in [0.3, 0.4) is 0 Å². The van der Waals surface area contributed by atoms with Crippen molar-refractivity contribution >= 4 is 45.0 Å². The van der Waals surface area contributed by atoms with Crippen molar-refractivity contribution in [3.63, 3.8) is 0 Å². The first kappa shape index (κ1) is 15.3. The lowest BCUT2D eigenvalue weighted by atomic mass is 10.4. The average molecular weight is 333 g/mol. The smallest absolute Gasteiger partial charge is 0.268 e. The largest absolute Gasteiger partial charge is 0.324 e. The minimum absolute atomic E-state index is 0.258. The zero-order chi connectivity index (χ0) is 14.6. The van der Waals surface area contributed by atoms with E-state index in [1.807, 2.05) is 12.4 Å². The van der Waals surface area contributed by atoms with Crippen molar-refractivity contribution in [1.82, 2.24) is 14.4 Å². The van der Waals surface area contributed by atoms with E-state index < -0.39 is 10.2 Å². The predicted octanol–water partition coefficient (Wildman–Crippen LogP) is 0.549. The maximum atomic E-state index is 11.3. The van der Waals surface area contributed by atoms with Crippen molar-refractivity contribution in [3.05, 3.63) is 16.1 Å². The second-order valence-corrected chi connectivity index (χ2v) is 7.38. The third-order valence-corrected chi connectivity index (χ3v) is 5.50. The van der Waals surface area contributed by atoms with Gasteiger partial charge in [0, 0.05) is 23.4 Å². The molecule has 110 valence electrons. The molecule has 7 nitrogen and oxygen atoms in total. The molecule has 1 fully saturated rings. The molecule has 1 aromatic rings. The Morgan fingerprint density at radius 1 is 1.40 bits per heavy atom. The van der Waals surface area contributed by atoms with Crippen LogP contribution in [-0.2, 0) is 16.0 Å². The van der Waals surface area contributed by atoms with Crippen LogP contribution in [0.25, 0.3) is 0 Å². The number of nitrogens with zero attached hydrogens (tertiary/aromatic N) is 3. The molecule has 0 aliphatic carbocycles. The minimum atomic E-state index is -3.52. The Hall–Kier alpha value is -1.13. The number of aromatic nitrogens is 1. The predicted molar refractivity (Wildman–Crippen MR) is 83.9 cm³/mol. The molecule has 0 aromatic carbocycles. The van der Waals surface area contributed by atoms with E-state index in [0.717, 1.165) is 17.2 Å². The van der Waals surface area contributed by atoms with Gasteiger partial charge in [-0.05, 0) is 6.92 Å². The summed E-state index contributed by atoms with van der Waals surface area (Å²) in [6.07, 6.45) is 0. The van der Waals surface area contributed by atoms with Crippen molar-refractivity contribution in [2.45, 2.75) is 12.7 Å². The summed E-state index contributed by atoms with van der Waals surface area (Å²) in [4.78, 5) is 13.5. The van der Waals surface area contributed by atoms with Gasteiger partial charge in [-0.1, -0.05) is 0 Å². The van der Waals surface area contributed by atoms with Crippen LogP contribution >= 0.6 is 23.1 Å². The first-order valence-corrected chi connectivity index (χ1v) is 9.32. The second kappa shape index (κ2) is 6.55. The summed E-state index contributed by atoms with van der Waals surface area (Å²) in [5.74, 6) is 2.25. The SMILES string of the molecule is CN=C1NS(=O)(=O)NC1=NCCSCc1scnc1C. The Morgan fingerprint density at radius 2 is 2.15 bits per heavy atom. The number of thiazole rings is 1. The van der Waals surface area contributed by atoms with E-state index in [0.29, 0.717) is 6.54 Å². The molecule has 0 bridgehead atoms. The third-order valence-electron chi connectivity index (χ3n) is 2.49. The monoisotopic (exact) mass is 333 g/mol. The lowest BCUT2D eigenvalue weighted by molar-refractivity contribution is 0.591. The first-order chi connectivity index (χ1) is 9.52. The van der Waals surface area contributed by atoms with Gasteiger partial charge in [0.1, 0.15) is 0 Å². The van der Waals surface area contributed by atoms with Gasteiger partial charge in [0.2, 0.25) is 0 Å². The maximum Gasteiger partial charge on any atom is 0.324 e. The Morgan fingerprint density at radius 3 is 2.80 bits per heavy atom. The highest BCUT2D eigenvalue weighted by molar-refractivity contribution is 7.98. The van der Waals surface area contributed by atoms with Gasteiger partial charge >= 0.3 is 10.2 Å². The van der Waals surface area contributed by atoms with Gasteiger partial charge in [-0.3, -0.25) is 9.98 Å². The summed E-state index contributed by atoms with van der Waals surface area (Å²) < 4.78 is 27.2. The highest BCUT2D eigenvalue weighted by Crippen LogP contribution is 2.19. The molecule has 0 amide bonds. The van der Waals surface area contributed by atoms with Crippen molar-refractivity contribution in [2.24, 2.45) is 9.98 Å². The number of hydrogen-bond acceptors (Lipinski definition) is 7. The Kier molecular flexibility index (Phi) is 5.00. The maximum absolute atomic E-state index is 11.3. The third kappa shape index (κ3) is 3.93. The van der Waals surface area contributed by atoms with Gasteiger partial charge in [-0.25, -0.2) is 14.4 Å². The fraction of sp³-hybridized carbons (Fsp3) is 0.500. The van der Waals surface area contributed by atoms with Crippen molar-refractivity contribution in [3.8, 4) is 0 Å². The van der Waals surface area contributed by atoms with Gasteiger partial charge in [0.15, 0.2) is 11.7 Å². The summed E-state index contributed by atoms with van der Waals surface area (Å²) >= 11 is 3.39. The van der Waals surface area contributed by atoms with Crippen LogP contribution in [0, 0.1) is 6.92 Å². The molecule has 20 heavy (non-hydrogen) atoms. The summed E-state index contributed by atoms with van der Waals surface area (Å²) in [6, 6.07) is 0. The molecule has 1 aliphatic rings. The van der Waals surface area contributed by atoms with Crippen LogP contribution in [0.2, 0.25) is 0 Å². The zero-order valence-corrected chi connectivity index (χ0v) is 13.5. The second-order valence-electron chi connectivity index (χ2n) is 3.92. The molecule has 1 aromatic heterocycles. The highest BCUT2D eigenvalue weighted by atomic mass is 32.2. The Bertz CT molecular complexity index is 635. The number of aliphatic imine (C=N–C) groups is 2. The van der Waals surface area contributed by atoms with Crippen LogP contribution in [-0.4, -0.2) is 44.4 Å². The van der Waals surface area contributed by atoms with E-state index in [-0.39, 0.29) is 11.7 Å². The lowest BCUT2D eigenvalue weighted by Crippen LogP contribution is -2.24. The summed E-state index contributed by atoms with van der Waals surface area (Å²) in [5, 5.41) is 0. The molecule has 0 atom stereocenters. The molecule has 0 saturated carbocycles. The Balaban J connectivity index is 1.81. The van der Waals surface area contributed by atoms with Crippen molar-refractivity contribution in [2.75, 3.05) is 19.3 Å². The molecule has 0 radical (unpaired) electrons. The van der Waals surface area contributed by atoms with E-state index in [4.69, 9.17) is 0 Å². The number of amidine groups is 2. The van der Waals surface area contributed by atoms with E-state index >= 15 is 0 Å². The fourth-order valence-corrected chi connectivity index (χ4v) is 4.24. The van der Waals surface area contributed by atoms with Crippen LogP contribution in [0.5, 0.6) is 0 Å². The van der Waals surface area contributed by atoms with Gasteiger partial charge in [0.25, 0.3) is 0 Å². The molecular formula is C10H15N5O2S3. The van der Waals surface area contributed by atoms with Crippen molar-refractivity contribution < 1.29 is 8.42 Å². The molecule has 2 rings (SSSR count). The quantitative estimate of drug-likeness (QED) is 0.769. The van der Waals surface area contributed by atoms with Gasteiger partial charge in [0.05, 0.1) is 17.7 Å². The topological polar surface area (TPSA) is 95.8 Å². The van der Waals surface area contributed by atoms with Gasteiger partial charge in [-0.2, -0.15) is 20.2 Å². The summed E-state index contributed by atoms with van der Waals surface area (Å²) in [7, 11) is -2.00. The normalized spacial score (nSPS) is 21.1. The molecule has 1 saturated heterocycles. The molecule has 2 heterocycles. The number of thioether (sulfide) groups is 1. The lowest BCUT2D eigenvalue weighted by Gasteiger charge is -1.99. The number of aryl methyl sites for hydroxylation is 1. The highest BCUT2D eigenvalue weighted by Gasteiger charge is 2.27. The molecule has 2 N–H and O–H groups in total. The number of nitrogens with one attached hydrogen (secondary N) is 2. The first-order valence-electron chi connectivity index (χ1n) is 5.80. The zero-order valence-electron chi connectivity index (χ0n) is 11.1.